The molecule has 0 bridgehead atoms. The van der Waals surface area contributed by atoms with E-state index in [1.807, 2.05) is 17.0 Å². The molecule has 0 spiro atoms. The molecule has 1 saturated heterocycles. The molecular formula is C19H22N4O2. The molecule has 3 aromatic rings. The van der Waals surface area contributed by atoms with Crippen LogP contribution < -0.4 is 0 Å². The lowest BCUT2D eigenvalue weighted by Crippen LogP contribution is -2.37. The average Bonchev–Trinajstić information content (AvgIpc) is 3.21. The Kier molecular flexibility index (Phi) is 4.03. The Labute approximate surface area is 146 Å². The van der Waals surface area contributed by atoms with E-state index in [2.05, 4.69) is 34.2 Å². The zero-order valence-corrected chi connectivity index (χ0v) is 14.6. The Morgan fingerprint density at radius 1 is 1.40 bits per heavy atom. The summed E-state index contributed by atoms with van der Waals surface area (Å²) < 4.78 is 5.52. The fraction of sp³-hybridized carbons (Fsp3) is 0.421. The third kappa shape index (κ3) is 3.04. The molecule has 1 amide bonds. The van der Waals surface area contributed by atoms with Crippen molar-refractivity contribution in [3.8, 4) is 0 Å². The van der Waals surface area contributed by atoms with Gasteiger partial charge in [-0.3, -0.25) is 4.79 Å². The minimum atomic E-state index is 0.110. The van der Waals surface area contributed by atoms with Crippen LogP contribution in [0, 0.1) is 6.92 Å². The van der Waals surface area contributed by atoms with Gasteiger partial charge < -0.3 is 14.4 Å². The highest BCUT2D eigenvalue weighted by atomic mass is 16.5. The van der Waals surface area contributed by atoms with Crippen molar-refractivity contribution >= 4 is 16.8 Å². The van der Waals surface area contributed by atoms with Gasteiger partial charge in [-0.25, -0.2) is 0 Å². The number of hydrogen-bond acceptors (Lipinski definition) is 4. The van der Waals surface area contributed by atoms with E-state index in [1.165, 1.54) is 10.9 Å². The number of carbonyl (C=O) groups excluding carboxylic acids is 1. The van der Waals surface area contributed by atoms with Crippen LogP contribution in [0.2, 0.25) is 0 Å². The molecule has 3 heterocycles. The van der Waals surface area contributed by atoms with Crippen molar-refractivity contribution < 1.29 is 9.32 Å². The molecular weight excluding hydrogens is 316 g/mol. The van der Waals surface area contributed by atoms with Gasteiger partial charge in [0.15, 0.2) is 5.82 Å². The second-order valence-corrected chi connectivity index (χ2v) is 6.80. The van der Waals surface area contributed by atoms with Gasteiger partial charge in [0.25, 0.3) is 0 Å². The number of aromatic amines is 1. The normalized spacial score (nSPS) is 18.0. The molecule has 25 heavy (non-hydrogen) atoms. The maximum Gasteiger partial charge on any atom is 0.231 e. The van der Waals surface area contributed by atoms with Crippen molar-refractivity contribution in [2.45, 2.75) is 39.0 Å². The summed E-state index contributed by atoms with van der Waals surface area (Å²) in [5, 5.41) is 5.38. The molecule has 1 atom stereocenters. The smallest absolute Gasteiger partial charge is 0.231 e. The summed E-state index contributed by atoms with van der Waals surface area (Å²) in [6.07, 6.45) is 2.60. The van der Waals surface area contributed by atoms with E-state index in [9.17, 15) is 4.79 Å². The number of aryl methyl sites for hydroxylation is 1. The molecule has 1 N–H and O–H groups in total. The number of nitrogens with zero attached hydrogens (tertiary/aromatic N) is 3. The summed E-state index contributed by atoms with van der Waals surface area (Å²) >= 11 is 0. The summed E-state index contributed by atoms with van der Waals surface area (Å²) in [7, 11) is 0. The van der Waals surface area contributed by atoms with Crippen molar-refractivity contribution in [1.29, 1.82) is 0 Å². The second-order valence-electron chi connectivity index (χ2n) is 6.80. The number of benzene rings is 1. The van der Waals surface area contributed by atoms with Crippen LogP contribution in [0.3, 0.4) is 0 Å². The molecule has 4 rings (SSSR count). The monoisotopic (exact) mass is 338 g/mol. The van der Waals surface area contributed by atoms with E-state index in [0.717, 1.165) is 30.6 Å². The largest absolute Gasteiger partial charge is 0.358 e. The van der Waals surface area contributed by atoms with Crippen LogP contribution in [0.25, 0.3) is 10.9 Å². The van der Waals surface area contributed by atoms with Gasteiger partial charge in [0.1, 0.15) is 0 Å². The zero-order chi connectivity index (χ0) is 17.4. The number of piperidine rings is 1. The molecule has 0 radical (unpaired) electrons. The topological polar surface area (TPSA) is 75.0 Å². The highest BCUT2D eigenvalue weighted by Gasteiger charge is 2.27. The molecule has 1 aliphatic rings. The Morgan fingerprint density at radius 3 is 3.08 bits per heavy atom. The number of para-hydroxylation sites is 1. The number of aromatic nitrogens is 3. The quantitative estimate of drug-likeness (QED) is 0.796. The first-order valence-electron chi connectivity index (χ1n) is 8.76. The Hall–Kier alpha value is -2.63. The van der Waals surface area contributed by atoms with E-state index in [4.69, 9.17) is 4.52 Å². The third-order valence-electron chi connectivity index (χ3n) is 5.06. The Balaban J connectivity index is 1.55. The van der Waals surface area contributed by atoms with Crippen LogP contribution >= 0.6 is 0 Å². The van der Waals surface area contributed by atoms with Gasteiger partial charge in [0.05, 0.1) is 5.92 Å². The van der Waals surface area contributed by atoms with Crippen molar-refractivity contribution in [1.82, 2.24) is 20.0 Å². The zero-order valence-electron chi connectivity index (χ0n) is 14.6. The molecule has 2 aromatic heterocycles. The summed E-state index contributed by atoms with van der Waals surface area (Å²) in [5.74, 6) is 1.60. The van der Waals surface area contributed by atoms with Crippen LogP contribution in [-0.2, 0) is 11.2 Å². The number of amides is 1. The fourth-order valence-electron chi connectivity index (χ4n) is 3.69. The van der Waals surface area contributed by atoms with E-state index in [0.29, 0.717) is 24.7 Å². The number of nitrogens with one attached hydrogen (secondary N) is 1. The molecule has 6 nitrogen and oxygen atoms in total. The van der Waals surface area contributed by atoms with Gasteiger partial charge in [0, 0.05) is 43.0 Å². The van der Waals surface area contributed by atoms with Crippen molar-refractivity contribution in [2.75, 3.05) is 13.1 Å². The van der Waals surface area contributed by atoms with Crippen LogP contribution in [0.1, 0.15) is 48.7 Å². The molecule has 1 fully saturated rings. The first-order chi connectivity index (χ1) is 12.1. The van der Waals surface area contributed by atoms with Gasteiger partial charge >= 0.3 is 0 Å². The number of likely N-dealkylation sites (tertiary alicyclic amines) is 1. The maximum absolute atomic E-state index is 11.6. The molecule has 0 aliphatic carbocycles. The Morgan fingerprint density at radius 2 is 2.24 bits per heavy atom. The van der Waals surface area contributed by atoms with Crippen molar-refractivity contribution in [2.24, 2.45) is 0 Å². The fourth-order valence-corrected chi connectivity index (χ4v) is 3.69. The SMILES string of the molecule is CC(=O)N1CCC[C@@H](c2nc(Cc3c(C)[nH]c4ccccc34)no2)C1. The lowest BCUT2D eigenvalue weighted by atomic mass is 9.98. The molecule has 0 saturated carbocycles. The predicted octanol–water partition coefficient (Wildman–Crippen LogP) is 3.18. The van der Waals surface area contributed by atoms with Gasteiger partial charge in [-0.15, -0.1) is 0 Å². The number of H-pyrrole nitrogens is 1. The van der Waals surface area contributed by atoms with Crippen molar-refractivity contribution in [3.05, 3.63) is 47.2 Å². The molecule has 1 aromatic carbocycles. The maximum atomic E-state index is 11.6. The van der Waals surface area contributed by atoms with E-state index in [-0.39, 0.29) is 11.8 Å². The van der Waals surface area contributed by atoms with Gasteiger partial charge in [-0.05, 0) is 31.4 Å². The summed E-state index contributed by atoms with van der Waals surface area (Å²) in [5.41, 5.74) is 3.47. The number of rotatable bonds is 3. The second kappa shape index (κ2) is 6.35. The average molecular weight is 338 g/mol. The third-order valence-corrected chi connectivity index (χ3v) is 5.06. The number of hydrogen-bond donors (Lipinski definition) is 1. The van der Waals surface area contributed by atoms with Crippen LogP contribution in [0.15, 0.2) is 28.8 Å². The van der Waals surface area contributed by atoms with Crippen LogP contribution in [-0.4, -0.2) is 39.0 Å². The lowest BCUT2D eigenvalue weighted by Gasteiger charge is -2.29. The van der Waals surface area contributed by atoms with E-state index in [1.54, 1.807) is 6.92 Å². The van der Waals surface area contributed by atoms with Crippen LogP contribution in [0.5, 0.6) is 0 Å². The lowest BCUT2D eigenvalue weighted by molar-refractivity contribution is -0.130. The number of carbonyl (C=O) groups is 1. The summed E-state index contributed by atoms with van der Waals surface area (Å²) in [6, 6.07) is 8.25. The number of fused-ring (bicyclic) bond motifs is 1. The van der Waals surface area contributed by atoms with Gasteiger partial charge in [-0.2, -0.15) is 4.98 Å². The van der Waals surface area contributed by atoms with E-state index >= 15 is 0 Å². The highest BCUT2D eigenvalue weighted by molar-refractivity contribution is 5.84. The molecule has 0 unspecified atom stereocenters. The summed E-state index contributed by atoms with van der Waals surface area (Å²) in [6.45, 7) is 5.17. The van der Waals surface area contributed by atoms with Gasteiger partial charge in [-0.1, -0.05) is 23.4 Å². The first-order valence-corrected chi connectivity index (χ1v) is 8.76. The Bertz CT molecular complexity index is 911. The standard InChI is InChI=1S/C19H22N4O2/c1-12-16(15-7-3-4-8-17(15)20-12)10-18-21-19(25-22-18)14-6-5-9-23(11-14)13(2)24/h3-4,7-8,14,20H,5-6,9-11H2,1-2H3/t14-/m1/s1. The van der Waals surface area contributed by atoms with E-state index < -0.39 is 0 Å². The van der Waals surface area contributed by atoms with Crippen molar-refractivity contribution in [3.63, 3.8) is 0 Å². The predicted molar refractivity (Wildman–Crippen MR) is 94.4 cm³/mol. The molecule has 1 aliphatic heterocycles. The summed E-state index contributed by atoms with van der Waals surface area (Å²) in [4.78, 5) is 21.5. The highest BCUT2D eigenvalue weighted by Crippen LogP contribution is 2.27. The minimum absolute atomic E-state index is 0.110. The van der Waals surface area contributed by atoms with Crippen LogP contribution in [0.4, 0.5) is 0 Å². The van der Waals surface area contributed by atoms with Gasteiger partial charge in [0.2, 0.25) is 11.8 Å². The minimum Gasteiger partial charge on any atom is -0.358 e. The molecule has 6 heteroatoms. The molecule has 130 valence electrons. The first kappa shape index (κ1) is 15.9.